The molecule has 3 unspecified atom stereocenters. The first kappa shape index (κ1) is 19.7. The second kappa shape index (κ2) is 7.00. The molecule has 0 saturated carbocycles. The van der Waals surface area contributed by atoms with Crippen molar-refractivity contribution >= 4 is 60.8 Å². The van der Waals surface area contributed by atoms with Crippen molar-refractivity contribution in [3.05, 3.63) is 57.0 Å². The molecule has 4 rings (SSSR count). The van der Waals surface area contributed by atoms with Crippen molar-refractivity contribution in [3.8, 4) is 5.75 Å². The number of carbonyl (C=O) groups is 1. The van der Waals surface area contributed by atoms with Crippen LogP contribution in [0.15, 0.2) is 51.4 Å². The molecule has 1 saturated heterocycles. The molecule has 2 bridgehead atoms. The molecule has 1 N–H and O–H groups in total. The van der Waals surface area contributed by atoms with Gasteiger partial charge in [-0.2, -0.15) is 0 Å². The molecule has 2 aromatic rings. The summed E-state index contributed by atoms with van der Waals surface area (Å²) in [4.78, 5) is 16.8. The quantitative estimate of drug-likeness (QED) is 0.587. The van der Waals surface area contributed by atoms with E-state index in [1.54, 1.807) is 19.0 Å². The number of halogens is 2. The molecule has 2 aliphatic rings. The van der Waals surface area contributed by atoms with Crippen LogP contribution in [0.3, 0.4) is 0 Å². The lowest BCUT2D eigenvalue weighted by molar-refractivity contribution is -0.144. The Hall–Kier alpha value is -1.64. The molecule has 146 valence electrons. The zero-order chi connectivity index (χ0) is 20.2. The van der Waals surface area contributed by atoms with Gasteiger partial charge >= 0.3 is 0 Å². The molecular weight excluding hydrogens is 506 g/mol. The van der Waals surface area contributed by atoms with Crippen LogP contribution in [0.2, 0.25) is 0 Å². The molecule has 1 fully saturated rings. The number of benzene rings is 2. The Bertz CT molecular complexity index is 966. The van der Waals surface area contributed by atoms with Crippen LogP contribution < -0.4 is 15.0 Å². The van der Waals surface area contributed by atoms with Gasteiger partial charge in [-0.15, -0.1) is 0 Å². The Balaban J connectivity index is 1.91. The van der Waals surface area contributed by atoms with E-state index in [-0.39, 0.29) is 11.9 Å². The van der Waals surface area contributed by atoms with E-state index in [9.17, 15) is 4.79 Å². The molecule has 28 heavy (non-hydrogen) atoms. The van der Waals surface area contributed by atoms with Gasteiger partial charge in [0.05, 0.1) is 6.04 Å². The average Bonchev–Trinajstić information content (AvgIpc) is 2.63. The van der Waals surface area contributed by atoms with Gasteiger partial charge in [-0.3, -0.25) is 9.69 Å². The fourth-order valence-electron chi connectivity index (χ4n) is 3.99. The van der Waals surface area contributed by atoms with Gasteiger partial charge in [0, 0.05) is 34.3 Å². The van der Waals surface area contributed by atoms with Gasteiger partial charge in [-0.05, 0) is 61.6 Å². The van der Waals surface area contributed by atoms with Crippen LogP contribution >= 0.6 is 44.1 Å². The number of hydrogen-bond donors (Lipinski definition) is 1. The third-order valence-corrected chi connectivity index (χ3v) is 6.57. The second-order valence-corrected chi connectivity index (χ2v) is 9.51. The van der Waals surface area contributed by atoms with Gasteiger partial charge in [0.2, 0.25) is 5.91 Å². The number of hydrogen-bond acceptors (Lipinski definition) is 3. The first-order valence-electron chi connectivity index (χ1n) is 8.78. The van der Waals surface area contributed by atoms with Crippen LogP contribution in [-0.2, 0) is 4.79 Å². The van der Waals surface area contributed by atoms with Crippen molar-refractivity contribution in [2.75, 3.05) is 19.0 Å². The molecule has 2 aliphatic heterocycles. The van der Waals surface area contributed by atoms with E-state index in [0.717, 1.165) is 25.9 Å². The minimum atomic E-state index is -0.969. The number of rotatable bonds is 2. The van der Waals surface area contributed by atoms with E-state index in [0.29, 0.717) is 5.11 Å². The molecule has 3 atom stereocenters. The van der Waals surface area contributed by atoms with Crippen LogP contribution in [0.4, 0.5) is 5.69 Å². The van der Waals surface area contributed by atoms with Crippen LogP contribution in [-0.4, -0.2) is 35.7 Å². The van der Waals surface area contributed by atoms with E-state index in [4.69, 9.17) is 17.0 Å². The number of fused-ring (bicyclic) bond motifs is 4. The standard InChI is InChI=1S/C20H19Br2N3O2S/c1-20-16(18(26)24(2)3)17(14-10-12(22)6-9-15(14)27-20)23-19(28)25(20)13-7-4-11(21)5-8-13/h4-10,16-17H,1-3H3,(H,23,28). The largest absolute Gasteiger partial charge is 0.467 e. The zero-order valence-corrected chi connectivity index (χ0v) is 19.6. The Kier molecular flexibility index (Phi) is 4.92. The highest BCUT2D eigenvalue weighted by Gasteiger charge is 2.59. The van der Waals surface area contributed by atoms with Crippen molar-refractivity contribution in [3.63, 3.8) is 0 Å². The second-order valence-electron chi connectivity index (χ2n) is 7.29. The maximum atomic E-state index is 13.3. The molecule has 5 nitrogen and oxygen atoms in total. The van der Waals surface area contributed by atoms with E-state index < -0.39 is 11.6 Å². The maximum absolute atomic E-state index is 13.3. The summed E-state index contributed by atoms with van der Waals surface area (Å²) in [5.41, 5.74) is 0.812. The molecule has 2 aromatic carbocycles. The van der Waals surface area contributed by atoms with Gasteiger partial charge in [0.15, 0.2) is 10.8 Å². The summed E-state index contributed by atoms with van der Waals surface area (Å²) < 4.78 is 8.41. The summed E-state index contributed by atoms with van der Waals surface area (Å²) in [5, 5.41) is 3.93. The monoisotopic (exact) mass is 523 g/mol. The molecule has 0 radical (unpaired) electrons. The first-order valence-corrected chi connectivity index (χ1v) is 10.8. The third-order valence-electron chi connectivity index (χ3n) is 5.25. The summed E-state index contributed by atoms with van der Waals surface area (Å²) in [5.74, 6) is 0.241. The fourth-order valence-corrected chi connectivity index (χ4v) is 5.05. The lowest BCUT2D eigenvalue weighted by Crippen LogP contribution is -2.72. The molecule has 8 heteroatoms. The van der Waals surface area contributed by atoms with E-state index in [1.807, 2.05) is 54.3 Å². The maximum Gasteiger partial charge on any atom is 0.233 e. The number of nitrogens with zero attached hydrogens (tertiary/aromatic N) is 2. The summed E-state index contributed by atoms with van der Waals surface area (Å²) >= 11 is 12.7. The Morgan fingerprint density at radius 3 is 2.46 bits per heavy atom. The number of nitrogens with one attached hydrogen (secondary N) is 1. The average molecular weight is 525 g/mol. The Labute approximate surface area is 186 Å². The summed E-state index contributed by atoms with van der Waals surface area (Å²) in [6.07, 6.45) is 0. The fraction of sp³-hybridized carbons (Fsp3) is 0.300. The van der Waals surface area contributed by atoms with Crippen LogP contribution in [0, 0.1) is 5.92 Å². The van der Waals surface area contributed by atoms with Crippen molar-refractivity contribution in [1.82, 2.24) is 10.2 Å². The van der Waals surface area contributed by atoms with Crippen LogP contribution in [0.25, 0.3) is 0 Å². The van der Waals surface area contributed by atoms with Crippen molar-refractivity contribution in [2.45, 2.75) is 18.7 Å². The highest BCUT2D eigenvalue weighted by molar-refractivity contribution is 9.10. The number of amides is 1. The van der Waals surface area contributed by atoms with Gasteiger partial charge in [-0.25, -0.2) is 0 Å². The molecule has 0 spiro atoms. The van der Waals surface area contributed by atoms with E-state index in [2.05, 4.69) is 37.2 Å². The first-order chi connectivity index (χ1) is 13.2. The lowest BCUT2D eigenvalue weighted by atomic mass is 9.78. The molecule has 1 amide bonds. The van der Waals surface area contributed by atoms with Gasteiger partial charge in [0.1, 0.15) is 11.7 Å². The highest BCUT2D eigenvalue weighted by atomic mass is 79.9. The van der Waals surface area contributed by atoms with Gasteiger partial charge in [-0.1, -0.05) is 31.9 Å². The molecular formula is C20H19Br2N3O2S. The lowest BCUT2D eigenvalue weighted by Gasteiger charge is -2.56. The number of carbonyl (C=O) groups excluding carboxylic acids is 1. The van der Waals surface area contributed by atoms with Crippen molar-refractivity contribution in [1.29, 1.82) is 0 Å². The predicted octanol–water partition coefficient (Wildman–Crippen LogP) is 4.46. The Morgan fingerprint density at radius 2 is 1.82 bits per heavy atom. The summed E-state index contributed by atoms with van der Waals surface area (Å²) in [7, 11) is 3.53. The minimum absolute atomic E-state index is 0.0183. The number of anilines is 1. The summed E-state index contributed by atoms with van der Waals surface area (Å²) in [6.45, 7) is 1.94. The highest BCUT2D eigenvalue weighted by Crippen LogP contribution is 2.50. The zero-order valence-electron chi connectivity index (χ0n) is 15.6. The van der Waals surface area contributed by atoms with Gasteiger partial charge in [0.25, 0.3) is 0 Å². The third kappa shape index (κ3) is 3.02. The molecule has 0 aliphatic carbocycles. The number of ether oxygens (including phenoxy) is 1. The summed E-state index contributed by atoms with van der Waals surface area (Å²) in [6, 6.07) is 13.4. The minimum Gasteiger partial charge on any atom is -0.467 e. The van der Waals surface area contributed by atoms with Crippen molar-refractivity contribution in [2.24, 2.45) is 5.92 Å². The predicted molar refractivity (Wildman–Crippen MR) is 120 cm³/mol. The number of thiocarbonyl (C=S) groups is 1. The smallest absolute Gasteiger partial charge is 0.233 e. The van der Waals surface area contributed by atoms with Crippen LogP contribution in [0.1, 0.15) is 18.5 Å². The molecule has 2 heterocycles. The van der Waals surface area contributed by atoms with Gasteiger partial charge < -0.3 is 15.0 Å². The van der Waals surface area contributed by atoms with Crippen LogP contribution in [0.5, 0.6) is 5.75 Å². The normalized spacial score (nSPS) is 25.5. The molecule has 0 aromatic heterocycles. The van der Waals surface area contributed by atoms with Crippen molar-refractivity contribution < 1.29 is 9.53 Å². The SMILES string of the molecule is CN(C)C(=O)C1C2NC(=S)N(c3ccc(Br)cc3)C1(C)Oc1ccc(Br)cc12. The van der Waals surface area contributed by atoms with E-state index in [1.165, 1.54) is 0 Å². The topological polar surface area (TPSA) is 44.8 Å². The Morgan fingerprint density at radius 1 is 1.18 bits per heavy atom. The van der Waals surface area contributed by atoms with E-state index >= 15 is 0 Å².